The van der Waals surface area contributed by atoms with Crippen LogP contribution in [0.1, 0.15) is 30.5 Å². The SMILES string of the molecule is Cc1ccc2onc(CCC3(N)CC3)c2c1. The summed E-state index contributed by atoms with van der Waals surface area (Å²) in [6, 6.07) is 6.16. The second-order valence-electron chi connectivity index (χ2n) is 4.99. The molecule has 3 nitrogen and oxygen atoms in total. The number of rotatable bonds is 3. The van der Waals surface area contributed by atoms with Gasteiger partial charge in [-0.3, -0.25) is 0 Å². The summed E-state index contributed by atoms with van der Waals surface area (Å²) in [7, 11) is 0. The molecule has 1 fully saturated rings. The van der Waals surface area contributed by atoms with Crippen molar-refractivity contribution < 1.29 is 4.52 Å². The number of aryl methyl sites for hydroxylation is 2. The molecule has 0 aliphatic heterocycles. The number of nitrogens with zero attached hydrogens (tertiary/aromatic N) is 1. The summed E-state index contributed by atoms with van der Waals surface area (Å²) in [5.41, 5.74) is 9.34. The van der Waals surface area contributed by atoms with E-state index < -0.39 is 0 Å². The number of nitrogens with two attached hydrogens (primary N) is 1. The van der Waals surface area contributed by atoms with Gasteiger partial charge in [0.15, 0.2) is 5.58 Å². The average Bonchev–Trinajstić information content (AvgIpc) is 2.87. The summed E-state index contributed by atoms with van der Waals surface area (Å²) in [5.74, 6) is 0. The third kappa shape index (κ3) is 1.71. The molecule has 0 unspecified atom stereocenters. The molecule has 2 N–H and O–H groups in total. The molecule has 0 saturated heterocycles. The molecule has 2 aromatic rings. The minimum absolute atomic E-state index is 0.0924. The van der Waals surface area contributed by atoms with Crippen molar-refractivity contribution in [2.45, 2.75) is 38.1 Å². The van der Waals surface area contributed by atoms with Crippen LogP contribution in [0.2, 0.25) is 0 Å². The average molecular weight is 216 g/mol. The van der Waals surface area contributed by atoms with E-state index in [4.69, 9.17) is 10.3 Å². The first-order chi connectivity index (χ1) is 7.66. The molecular formula is C13H16N2O. The number of benzene rings is 1. The molecule has 3 rings (SSSR count). The van der Waals surface area contributed by atoms with E-state index in [0.717, 1.165) is 42.3 Å². The predicted molar refractivity (Wildman–Crippen MR) is 63.2 cm³/mol. The zero-order valence-corrected chi connectivity index (χ0v) is 9.49. The van der Waals surface area contributed by atoms with Crippen LogP contribution in [0, 0.1) is 6.92 Å². The lowest BCUT2D eigenvalue weighted by Gasteiger charge is -2.05. The highest BCUT2D eigenvalue weighted by Gasteiger charge is 2.37. The molecule has 0 amide bonds. The Morgan fingerprint density at radius 1 is 1.44 bits per heavy atom. The number of fused-ring (bicyclic) bond motifs is 1. The monoisotopic (exact) mass is 216 g/mol. The van der Waals surface area contributed by atoms with Gasteiger partial charge in [-0.1, -0.05) is 16.8 Å². The van der Waals surface area contributed by atoms with E-state index in [2.05, 4.69) is 18.1 Å². The van der Waals surface area contributed by atoms with Gasteiger partial charge in [-0.2, -0.15) is 0 Å². The normalized spacial score (nSPS) is 17.9. The fraction of sp³-hybridized carbons (Fsp3) is 0.462. The van der Waals surface area contributed by atoms with Crippen molar-refractivity contribution in [3.63, 3.8) is 0 Å². The maximum Gasteiger partial charge on any atom is 0.167 e. The van der Waals surface area contributed by atoms with E-state index in [1.807, 2.05) is 12.1 Å². The van der Waals surface area contributed by atoms with Crippen molar-refractivity contribution in [1.82, 2.24) is 5.16 Å². The van der Waals surface area contributed by atoms with Crippen LogP contribution < -0.4 is 5.73 Å². The minimum Gasteiger partial charge on any atom is -0.356 e. The van der Waals surface area contributed by atoms with Crippen LogP contribution in [0.25, 0.3) is 11.0 Å². The molecule has 1 saturated carbocycles. The van der Waals surface area contributed by atoms with Gasteiger partial charge in [-0.25, -0.2) is 0 Å². The van der Waals surface area contributed by atoms with Gasteiger partial charge < -0.3 is 10.3 Å². The Kier molecular flexibility index (Phi) is 2.04. The third-order valence-electron chi connectivity index (χ3n) is 3.45. The van der Waals surface area contributed by atoms with Gasteiger partial charge in [0, 0.05) is 10.9 Å². The standard InChI is InChI=1S/C13H16N2O/c1-9-2-3-12-10(8-9)11(15-16-12)4-5-13(14)6-7-13/h2-3,8H,4-7,14H2,1H3. The van der Waals surface area contributed by atoms with Gasteiger partial charge in [0.1, 0.15) is 0 Å². The molecule has 1 aliphatic carbocycles. The molecule has 1 aliphatic rings. The highest BCUT2D eigenvalue weighted by atomic mass is 16.5. The Bertz CT molecular complexity index is 526. The van der Waals surface area contributed by atoms with Crippen LogP contribution in [0.15, 0.2) is 22.7 Å². The van der Waals surface area contributed by atoms with E-state index in [0.29, 0.717) is 0 Å². The molecule has 1 aromatic heterocycles. The van der Waals surface area contributed by atoms with Gasteiger partial charge in [0.25, 0.3) is 0 Å². The fourth-order valence-corrected chi connectivity index (χ4v) is 2.06. The van der Waals surface area contributed by atoms with Crippen LogP contribution >= 0.6 is 0 Å². The smallest absolute Gasteiger partial charge is 0.167 e. The van der Waals surface area contributed by atoms with Crippen molar-refractivity contribution >= 4 is 11.0 Å². The van der Waals surface area contributed by atoms with Crippen LogP contribution in [-0.2, 0) is 6.42 Å². The first kappa shape index (κ1) is 9.85. The van der Waals surface area contributed by atoms with Crippen LogP contribution in [-0.4, -0.2) is 10.7 Å². The molecule has 84 valence electrons. The Hall–Kier alpha value is -1.35. The lowest BCUT2D eigenvalue weighted by atomic mass is 10.1. The second-order valence-corrected chi connectivity index (χ2v) is 4.99. The lowest BCUT2D eigenvalue weighted by molar-refractivity contribution is 0.441. The van der Waals surface area contributed by atoms with Gasteiger partial charge in [-0.05, 0) is 44.7 Å². The van der Waals surface area contributed by atoms with E-state index in [1.54, 1.807) is 0 Å². The molecule has 1 heterocycles. The van der Waals surface area contributed by atoms with E-state index in [1.165, 1.54) is 5.56 Å². The van der Waals surface area contributed by atoms with E-state index in [9.17, 15) is 0 Å². The molecule has 0 bridgehead atoms. The zero-order chi connectivity index (χ0) is 11.2. The second kappa shape index (κ2) is 3.32. The maximum absolute atomic E-state index is 6.08. The quantitative estimate of drug-likeness (QED) is 0.857. The van der Waals surface area contributed by atoms with Crippen molar-refractivity contribution in [3.8, 4) is 0 Å². The predicted octanol–water partition coefficient (Wildman–Crippen LogP) is 2.56. The van der Waals surface area contributed by atoms with Gasteiger partial charge in [-0.15, -0.1) is 0 Å². The van der Waals surface area contributed by atoms with Crippen molar-refractivity contribution in [3.05, 3.63) is 29.5 Å². The van der Waals surface area contributed by atoms with Crippen LogP contribution in [0.4, 0.5) is 0 Å². The van der Waals surface area contributed by atoms with E-state index >= 15 is 0 Å². The Labute approximate surface area is 94.6 Å². The first-order valence-corrected chi connectivity index (χ1v) is 5.80. The number of hydrogen-bond acceptors (Lipinski definition) is 3. The third-order valence-corrected chi connectivity index (χ3v) is 3.45. The van der Waals surface area contributed by atoms with Crippen molar-refractivity contribution in [1.29, 1.82) is 0 Å². The van der Waals surface area contributed by atoms with Crippen molar-refractivity contribution in [2.75, 3.05) is 0 Å². The summed E-state index contributed by atoms with van der Waals surface area (Å²) in [6.07, 6.45) is 4.25. The van der Waals surface area contributed by atoms with Gasteiger partial charge in [0.2, 0.25) is 0 Å². The highest BCUT2D eigenvalue weighted by molar-refractivity contribution is 5.80. The van der Waals surface area contributed by atoms with Crippen molar-refractivity contribution in [2.24, 2.45) is 5.73 Å². The first-order valence-electron chi connectivity index (χ1n) is 5.80. The lowest BCUT2D eigenvalue weighted by Crippen LogP contribution is -2.22. The summed E-state index contributed by atoms with van der Waals surface area (Å²) in [6.45, 7) is 2.08. The molecule has 0 atom stereocenters. The molecule has 0 radical (unpaired) electrons. The van der Waals surface area contributed by atoms with Gasteiger partial charge >= 0.3 is 0 Å². The summed E-state index contributed by atoms with van der Waals surface area (Å²) in [4.78, 5) is 0. The van der Waals surface area contributed by atoms with Gasteiger partial charge in [0.05, 0.1) is 5.69 Å². The fourth-order valence-electron chi connectivity index (χ4n) is 2.06. The Morgan fingerprint density at radius 2 is 2.25 bits per heavy atom. The maximum atomic E-state index is 6.08. The summed E-state index contributed by atoms with van der Waals surface area (Å²) >= 11 is 0. The Morgan fingerprint density at radius 3 is 3.00 bits per heavy atom. The molecule has 1 aromatic carbocycles. The molecule has 3 heteroatoms. The van der Waals surface area contributed by atoms with E-state index in [-0.39, 0.29) is 5.54 Å². The molecular weight excluding hydrogens is 200 g/mol. The molecule has 0 spiro atoms. The Balaban J connectivity index is 1.88. The van der Waals surface area contributed by atoms with Crippen LogP contribution in [0.5, 0.6) is 0 Å². The highest BCUT2D eigenvalue weighted by Crippen LogP contribution is 2.37. The number of hydrogen-bond donors (Lipinski definition) is 1. The summed E-state index contributed by atoms with van der Waals surface area (Å²) < 4.78 is 5.30. The van der Waals surface area contributed by atoms with Crippen LogP contribution in [0.3, 0.4) is 0 Å². The topological polar surface area (TPSA) is 52.0 Å². The largest absolute Gasteiger partial charge is 0.356 e. The number of aromatic nitrogens is 1. The summed E-state index contributed by atoms with van der Waals surface area (Å²) in [5, 5.41) is 5.28. The minimum atomic E-state index is 0.0924. The zero-order valence-electron chi connectivity index (χ0n) is 9.49. The molecule has 16 heavy (non-hydrogen) atoms.